The average molecular weight is 335 g/mol. The molecule has 4 heteroatoms. The zero-order valence-electron chi connectivity index (χ0n) is 11.0. The Bertz CT molecular complexity index is 593. The number of ether oxygens (including phenoxy) is 1. The monoisotopic (exact) mass is 334 g/mol. The molecule has 2 aromatic rings. The van der Waals surface area contributed by atoms with E-state index in [9.17, 15) is 9.90 Å². The summed E-state index contributed by atoms with van der Waals surface area (Å²) in [7, 11) is 0. The van der Waals surface area contributed by atoms with Gasteiger partial charge in [0.05, 0.1) is 0 Å². The van der Waals surface area contributed by atoms with Crippen LogP contribution in [0.1, 0.15) is 11.1 Å². The Kier molecular flexibility index (Phi) is 4.79. The summed E-state index contributed by atoms with van der Waals surface area (Å²) >= 11 is 3.38. The van der Waals surface area contributed by atoms with Crippen LogP contribution in [-0.2, 0) is 11.2 Å². The van der Waals surface area contributed by atoms with Gasteiger partial charge in [0.15, 0.2) is 6.10 Å². The maximum atomic E-state index is 11.3. The van der Waals surface area contributed by atoms with E-state index in [4.69, 9.17) is 4.74 Å². The van der Waals surface area contributed by atoms with Crippen LogP contribution < -0.4 is 4.74 Å². The molecule has 2 rings (SSSR count). The molecule has 0 heterocycles. The van der Waals surface area contributed by atoms with Gasteiger partial charge >= 0.3 is 5.97 Å². The highest BCUT2D eigenvalue weighted by Crippen LogP contribution is 2.18. The van der Waals surface area contributed by atoms with Gasteiger partial charge in [-0.1, -0.05) is 45.8 Å². The van der Waals surface area contributed by atoms with E-state index in [-0.39, 0.29) is 0 Å². The van der Waals surface area contributed by atoms with Crippen molar-refractivity contribution in [2.75, 3.05) is 0 Å². The second-order valence-corrected chi connectivity index (χ2v) is 5.51. The average Bonchev–Trinajstić information content (AvgIpc) is 2.40. The van der Waals surface area contributed by atoms with Crippen molar-refractivity contribution in [3.8, 4) is 5.75 Å². The van der Waals surface area contributed by atoms with Crippen LogP contribution >= 0.6 is 15.9 Å². The minimum absolute atomic E-state index is 0.322. The highest BCUT2D eigenvalue weighted by atomic mass is 79.9. The molecular formula is C16H15BrO3. The van der Waals surface area contributed by atoms with E-state index in [1.54, 1.807) is 12.1 Å². The lowest BCUT2D eigenvalue weighted by Crippen LogP contribution is -2.29. The number of rotatable bonds is 5. The molecule has 20 heavy (non-hydrogen) atoms. The molecule has 0 aliphatic rings. The normalized spacial score (nSPS) is 11.9. The number of carbonyl (C=O) groups is 1. The van der Waals surface area contributed by atoms with E-state index in [2.05, 4.69) is 15.9 Å². The van der Waals surface area contributed by atoms with Gasteiger partial charge in [-0.15, -0.1) is 0 Å². The Hall–Kier alpha value is -1.81. The van der Waals surface area contributed by atoms with Crippen molar-refractivity contribution in [2.45, 2.75) is 19.4 Å². The minimum Gasteiger partial charge on any atom is -0.478 e. The maximum Gasteiger partial charge on any atom is 0.345 e. The van der Waals surface area contributed by atoms with Gasteiger partial charge in [0, 0.05) is 10.9 Å². The molecule has 3 nitrogen and oxygen atoms in total. The molecule has 0 aliphatic carbocycles. The van der Waals surface area contributed by atoms with Crippen LogP contribution in [0.2, 0.25) is 0 Å². The molecule has 0 saturated carbocycles. The number of hydrogen-bond donors (Lipinski definition) is 1. The maximum absolute atomic E-state index is 11.3. The molecule has 1 atom stereocenters. The van der Waals surface area contributed by atoms with Crippen molar-refractivity contribution in [2.24, 2.45) is 0 Å². The topological polar surface area (TPSA) is 46.5 Å². The van der Waals surface area contributed by atoms with Crippen LogP contribution in [0, 0.1) is 6.92 Å². The molecule has 0 unspecified atom stereocenters. The predicted octanol–water partition coefficient (Wildman–Crippen LogP) is 3.83. The Labute approximate surface area is 126 Å². The molecule has 0 amide bonds. The molecule has 2 aromatic carbocycles. The van der Waals surface area contributed by atoms with Crippen molar-refractivity contribution in [3.05, 3.63) is 64.1 Å². The number of carboxylic acid groups (broad SMARTS) is 1. The summed E-state index contributed by atoms with van der Waals surface area (Å²) in [5, 5.41) is 9.28. The minimum atomic E-state index is -0.967. The predicted molar refractivity (Wildman–Crippen MR) is 81.1 cm³/mol. The molecule has 0 saturated heterocycles. The van der Waals surface area contributed by atoms with Gasteiger partial charge < -0.3 is 9.84 Å². The fourth-order valence-corrected chi connectivity index (χ4v) is 2.29. The highest BCUT2D eigenvalue weighted by molar-refractivity contribution is 9.10. The number of aryl methyl sites for hydroxylation is 1. The zero-order valence-corrected chi connectivity index (χ0v) is 12.6. The van der Waals surface area contributed by atoms with Crippen LogP contribution in [0.4, 0.5) is 0 Å². The molecule has 0 bridgehead atoms. The van der Waals surface area contributed by atoms with Crippen LogP contribution in [-0.4, -0.2) is 17.2 Å². The molecule has 0 spiro atoms. The second-order valence-electron chi connectivity index (χ2n) is 4.59. The molecule has 104 valence electrons. The first-order valence-electron chi connectivity index (χ1n) is 6.25. The van der Waals surface area contributed by atoms with E-state index in [1.165, 1.54) is 0 Å². The summed E-state index contributed by atoms with van der Waals surface area (Å²) in [6, 6.07) is 14.9. The van der Waals surface area contributed by atoms with Crippen molar-refractivity contribution in [1.82, 2.24) is 0 Å². The van der Waals surface area contributed by atoms with Gasteiger partial charge in [-0.3, -0.25) is 0 Å². The fraction of sp³-hybridized carbons (Fsp3) is 0.188. The van der Waals surface area contributed by atoms with Gasteiger partial charge in [0.1, 0.15) is 5.75 Å². The van der Waals surface area contributed by atoms with Gasteiger partial charge in [0.2, 0.25) is 0 Å². The third-order valence-electron chi connectivity index (χ3n) is 2.88. The Morgan fingerprint density at radius 1 is 1.25 bits per heavy atom. The third kappa shape index (κ3) is 4.10. The van der Waals surface area contributed by atoms with E-state index in [0.717, 1.165) is 15.6 Å². The third-order valence-corrected chi connectivity index (χ3v) is 3.38. The number of aliphatic carboxylic acids is 1. The van der Waals surface area contributed by atoms with Crippen molar-refractivity contribution in [1.29, 1.82) is 0 Å². The Morgan fingerprint density at radius 3 is 2.55 bits per heavy atom. The SMILES string of the molecule is Cc1ccc(O[C@@H](Cc2cccc(Br)c2)C(=O)O)cc1. The van der Waals surface area contributed by atoms with Crippen LogP contribution in [0.3, 0.4) is 0 Å². The summed E-state index contributed by atoms with van der Waals surface area (Å²) in [6.45, 7) is 1.97. The lowest BCUT2D eigenvalue weighted by molar-refractivity contribution is -0.145. The fourth-order valence-electron chi connectivity index (χ4n) is 1.84. The smallest absolute Gasteiger partial charge is 0.345 e. The van der Waals surface area contributed by atoms with Gasteiger partial charge in [0.25, 0.3) is 0 Å². The lowest BCUT2D eigenvalue weighted by Gasteiger charge is -2.15. The number of halogens is 1. The summed E-state index contributed by atoms with van der Waals surface area (Å²) < 4.78 is 6.49. The first kappa shape index (κ1) is 14.6. The summed E-state index contributed by atoms with van der Waals surface area (Å²) in [4.78, 5) is 11.3. The molecule has 1 N–H and O–H groups in total. The van der Waals surface area contributed by atoms with Crippen LogP contribution in [0.15, 0.2) is 53.0 Å². The first-order chi connectivity index (χ1) is 9.54. The molecule has 0 aromatic heterocycles. The highest BCUT2D eigenvalue weighted by Gasteiger charge is 2.20. The molecular weight excluding hydrogens is 320 g/mol. The molecule has 0 fully saturated rings. The van der Waals surface area contributed by atoms with E-state index in [0.29, 0.717) is 12.2 Å². The number of hydrogen-bond acceptors (Lipinski definition) is 2. The molecule has 0 aliphatic heterocycles. The van der Waals surface area contributed by atoms with Crippen molar-refractivity contribution >= 4 is 21.9 Å². The van der Waals surface area contributed by atoms with Gasteiger partial charge in [-0.05, 0) is 36.8 Å². The number of carboxylic acids is 1. The van der Waals surface area contributed by atoms with Crippen LogP contribution in [0.5, 0.6) is 5.75 Å². The lowest BCUT2D eigenvalue weighted by atomic mass is 10.1. The number of benzene rings is 2. The van der Waals surface area contributed by atoms with Gasteiger partial charge in [-0.2, -0.15) is 0 Å². The summed E-state index contributed by atoms with van der Waals surface area (Å²) in [6.07, 6.45) is -0.574. The first-order valence-corrected chi connectivity index (χ1v) is 7.04. The Balaban J connectivity index is 2.11. The van der Waals surface area contributed by atoms with E-state index in [1.807, 2.05) is 43.3 Å². The standard InChI is InChI=1S/C16H15BrO3/c1-11-5-7-14(8-6-11)20-15(16(18)19)10-12-3-2-4-13(17)9-12/h2-9,15H,10H2,1H3,(H,18,19)/t15-/m0/s1. The van der Waals surface area contributed by atoms with E-state index >= 15 is 0 Å². The summed E-state index contributed by atoms with van der Waals surface area (Å²) in [5.41, 5.74) is 2.02. The Morgan fingerprint density at radius 2 is 1.95 bits per heavy atom. The second kappa shape index (κ2) is 6.57. The van der Waals surface area contributed by atoms with Crippen LogP contribution in [0.25, 0.3) is 0 Å². The quantitative estimate of drug-likeness (QED) is 0.903. The zero-order chi connectivity index (χ0) is 14.5. The largest absolute Gasteiger partial charge is 0.478 e. The molecule has 0 radical (unpaired) electrons. The van der Waals surface area contributed by atoms with E-state index < -0.39 is 12.1 Å². The van der Waals surface area contributed by atoms with Crippen molar-refractivity contribution < 1.29 is 14.6 Å². The van der Waals surface area contributed by atoms with Gasteiger partial charge in [-0.25, -0.2) is 4.79 Å². The van der Waals surface area contributed by atoms with Crippen molar-refractivity contribution in [3.63, 3.8) is 0 Å². The summed E-state index contributed by atoms with van der Waals surface area (Å²) in [5.74, 6) is -0.399.